The quantitative estimate of drug-likeness (QED) is 0.763. The molecule has 29 heavy (non-hydrogen) atoms. The SMILES string of the molecule is Cc1cc(=O)c(C(=O)NC(C)(CN)C2CC2)nn1-c1ccccc1C(F)(F)F.Cl. The number of rotatable bonds is 5. The molecular weight excluding hydrogens is 409 g/mol. The molecule has 1 saturated carbocycles. The van der Waals surface area contributed by atoms with Crippen LogP contribution in [0.25, 0.3) is 5.69 Å². The highest BCUT2D eigenvalue weighted by Crippen LogP contribution is 2.39. The van der Waals surface area contributed by atoms with E-state index in [2.05, 4.69) is 10.4 Å². The van der Waals surface area contributed by atoms with E-state index in [0.29, 0.717) is 0 Å². The van der Waals surface area contributed by atoms with E-state index in [1.54, 1.807) is 6.92 Å². The van der Waals surface area contributed by atoms with Gasteiger partial charge < -0.3 is 11.1 Å². The summed E-state index contributed by atoms with van der Waals surface area (Å²) < 4.78 is 41.1. The number of nitrogens with two attached hydrogens (primary N) is 1. The Morgan fingerprint density at radius 3 is 2.48 bits per heavy atom. The number of hydrogen-bond acceptors (Lipinski definition) is 4. The number of nitrogens with zero attached hydrogens (tertiary/aromatic N) is 2. The first-order valence-electron chi connectivity index (χ1n) is 8.87. The van der Waals surface area contributed by atoms with Crippen LogP contribution in [0.4, 0.5) is 13.2 Å². The Bertz CT molecular complexity index is 973. The molecule has 10 heteroatoms. The maximum atomic E-state index is 13.4. The Morgan fingerprint density at radius 1 is 1.31 bits per heavy atom. The number of alkyl halides is 3. The van der Waals surface area contributed by atoms with Crippen molar-refractivity contribution in [3.8, 4) is 5.69 Å². The van der Waals surface area contributed by atoms with Gasteiger partial charge in [-0.15, -0.1) is 12.4 Å². The first-order chi connectivity index (χ1) is 13.1. The van der Waals surface area contributed by atoms with Crippen LogP contribution in [0.3, 0.4) is 0 Å². The van der Waals surface area contributed by atoms with Gasteiger partial charge in [-0.25, -0.2) is 4.68 Å². The molecule has 0 spiro atoms. The molecule has 1 atom stereocenters. The molecular formula is C19H22ClF3N4O2. The summed E-state index contributed by atoms with van der Waals surface area (Å²) in [7, 11) is 0. The standard InChI is InChI=1S/C19H21F3N4O2.ClH/c1-11-9-15(27)16(17(28)24-18(2,10-23)12-7-8-12)25-26(11)14-6-4-3-5-13(14)19(20,21)22;/h3-6,9,12H,7-8,10,23H2,1-2H3,(H,24,28);1H. The summed E-state index contributed by atoms with van der Waals surface area (Å²) in [5, 5.41) is 6.71. The number of para-hydroxylation sites is 1. The lowest BCUT2D eigenvalue weighted by Gasteiger charge is -2.29. The molecule has 2 aromatic rings. The predicted molar refractivity (Wildman–Crippen MR) is 104 cm³/mol. The van der Waals surface area contributed by atoms with Crippen LogP contribution in [0, 0.1) is 12.8 Å². The summed E-state index contributed by atoms with van der Waals surface area (Å²) >= 11 is 0. The maximum absolute atomic E-state index is 13.4. The average molecular weight is 431 g/mol. The number of halogens is 4. The molecule has 6 nitrogen and oxygen atoms in total. The summed E-state index contributed by atoms with van der Waals surface area (Å²) in [6, 6.07) is 5.96. The van der Waals surface area contributed by atoms with Crippen molar-refractivity contribution in [2.75, 3.05) is 6.54 Å². The summed E-state index contributed by atoms with van der Waals surface area (Å²) in [4.78, 5) is 25.0. The van der Waals surface area contributed by atoms with Crippen molar-refractivity contribution in [1.29, 1.82) is 0 Å². The van der Waals surface area contributed by atoms with E-state index >= 15 is 0 Å². The van der Waals surface area contributed by atoms with Crippen LogP contribution in [-0.4, -0.2) is 27.8 Å². The highest BCUT2D eigenvalue weighted by atomic mass is 35.5. The largest absolute Gasteiger partial charge is 0.418 e. The Labute approximate surface area is 171 Å². The zero-order valence-electron chi connectivity index (χ0n) is 15.9. The van der Waals surface area contributed by atoms with Gasteiger partial charge in [0.1, 0.15) is 0 Å². The van der Waals surface area contributed by atoms with Gasteiger partial charge in [0.05, 0.1) is 16.8 Å². The van der Waals surface area contributed by atoms with Crippen molar-refractivity contribution in [2.45, 2.75) is 38.4 Å². The van der Waals surface area contributed by atoms with E-state index in [4.69, 9.17) is 5.73 Å². The third-order valence-corrected chi connectivity index (χ3v) is 5.06. The Morgan fingerprint density at radius 2 is 1.93 bits per heavy atom. The van der Waals surface area contributed by atoms with Crippen LogP contribution < -0.4 is 16.5 Å². The molecule has 3 rings (SSSR count). The lowest BCUT2D eigenvalue weighted by atomic mass is 9.96. The summed E-state index contributed by atoms with van der Waals surface area (Å²) in [5.41, 5.74) is 2.97. The van der Waals surface area contributed by atoms with E-state index in [9.17, 15) is 22.8 Å². The first-order valence-corrected chi connectivity index (χ1v) is 8.87. The normalized spacial score (nSPS) is 15.9. The van der Waals surface area contributed by atoms with Crippen molar-refractivity contribution < 1.29 is 18.0 Å². The third-order valence-electron chi connectivity index (χ3n) is 5.06. The average Bonchev–Trinajstić information content (AvgIpc) is 3.46. The number of amides is 1. The second-order valence-electron chi connectivity index (χ2n) is 7.28. The van der Waals surface area contributed by atoms with Crippen molar-refractivity contribution >= 4 is 18.3 Å². The number of hydrogen-bond donors (Lipinski definition) is 2. The topological polar surface area (TPSA) is 90.0 Å². The van der Waals surface area contributed by atoms with Gasteiger partial charge >= 0.3 is 6.18 Å². The lowest BCUT2D eigenvalue weighted by Crippen LogP contribution is -2.54. The van der Waals surface area contributed by atoms with Gasteiger partial charge in [0, 0.05) is 18.3 Å². The second kappa shape index (κ2) is 8.16. The molecule has 1 aliphatic rings. The molecule has 1 unspecified atom stereocenters. The van der Waals surface area contributed by atoms with Crippen molar-refractivity contribution in [3.63, 3.8) is 0 Å². The van der Waals surface area contributed by atoms with Crippen LogP contribution in [0.2, 0.25) is 0 Å². The van der Waals surface area contributed by atoms with Gasteiger partial charge in [0.2, 0.25) is 5.43 Å². The zero-order chi connectivity index (χ0) is 20.7. The second-order valence-corrected chi connectivity index (χ2v) is 7.28. The maximum Gasteiger partial charge on any atom is 0.418 e. The molecule has 1 fully saturated rings. The lowest BCUT2D eigenvalue weighted by molar-refractivity contribution is -0.137. The van der Waals surface area contributed by atoms with Gasteiger partial charge in [-0.2, -0.15) is 18.3 Å². The fraction of sp³-hybridized carbons (Fsp3) is 0.421. The summed E-state index contributed by atoms with van der Waals surface area (Å²) in [6.45, 7) is 3.42. The van der Waals surface area contributed by atoms with Crippen LogP contribution >= 0.6 is 12.4 Å². The minimum absolute atomic E-state index is 0. The molecule has 158 valence electrons. The van der Waals surface area contributed by atoms with Crippen molar-refractivity contribution in [2.24, 2.45) is 11.7 Å². The molecule has 1 amide bonds. The van der Waals surface area contributed by atoms with Gasteiger partial charge in [0.25, 0.3) is 5.91 Å². The number of benzene rings is 1. The fourth-order valence-electron chi connectivity index (χ4n) is 3.21. The molecule has 0 saturated heterocycles. The molecule has 1 aromatic carbocycles. The van der Waals surface area contributed by atoms with E-state index in [-0.39, 0.29) is 36.3 Å². The number of carbonyl (C=O) groups excluding carboxylic acids is 1. The summed E-state index contributed by atoms with van der Waals surface area (Å²) in [6.07, 6.45) is -2.78. The fourth-order valence-corrected chi connectivity index (χ4v) is 3.21. The monoisotopic (exact) mass is 430 g/mol. The molecule has 0 radical (unpaired) electrons. The predicted octanol–water partition coefficient (Wildman–Crippen LogP) is 2.84. The third kappa shape index (κ3) is 4.62. The Balaban J connectivity index is 0.00000300. The number of aromatic nitrogens is 2. The number of aryl methyl sites for hydroxylation is 1. The van der Waals surface area contributed by atoms with Gasteiger partial charge in [-0.05, 0) is 44.7 Å². The summed E-state index contributed by atoms with van der Waals surface area (Å²) in [5.74, 6) is -0.539. The minimum Gasteiger partial charge on any atom is -0.344 e. The van der Waals surface area contributed by atoms with Gasteiger partial charge in [-0.1, -0.05) is 12.1 Å². The van der Waals surface area contributed by atoms with Gasteiger partial charge in [-0.3, -0.25) is 9.59 Å². The molecule has 0 bridgehead atoms. The first kappa shape index (κ1) is 22.9. The van der Waals surface area contributed by atoms with E-state index in [0.717, 1.165) is 29.7 Å². The minimum atomic E-state index is -4.61. The van der Waals surface area contributed by atoms with Crippen LogP contribution in [0.5, 0.6) is 0 Å². The van der Waals surface area contributed by atoms with Crippen molar-refractivity contribution in [1.82, 2.24) is 15.1 Å². The Hall–Kier alpha value is -2.39. The molecule has 3 N–H and O–H groups in total. The molecule has 1 aliphatic carbocycles. The van der Waals surface area contributed by atoms with E-state index in [1.165, 1.54) is 25.1 Å². The molecule has 1 heterocycles. The smallest absolute Gasteiger partial charge is 0.344 e. The van der Waals surface area contributed by atoms with Crippen LogP contribution in [0.1, 0.15) is 41.5 Å². The molecule has 0 aliphatic heterocycles. The number of carbonyl (C=O) groups is 1. The van der Waals surface area contributed by atoms with Crippen LogP contribution in [-0.2, 0) is 6.18 Å². The van der Waals surface area contributed by atoms with Gasteiger partial charge in [0.15, 0.2) is 5.69 Å². The highest BCUT2D eigenvalue weighted by molar-refractivity contribution is 5.92. The number of nitrogens with one attached hydrogen (secondary N) is 1. The Kier molecular flexibility index (Phi) is 6.44. The highest BCUT2D eigenvalue weighted by Gasteiger charge is 2.42. The zero-order valence-corrected chi connectivity index (χ0v) is 16.7. The van der Waals surface area contributed by atoms with E-state index < -0.39 is 34.3 Å². The molecule has 1 aromatic heterocycles. The van der Waals surface area contributed by atoms with Crippen LogP contribution in [0.15, 0.2) is 35.1 Å². The van der Waals surface area contributed by atoms with E-state index in [1.807, 2.05) is 0 Å². The van der Waals surface area contributed by atoms with Crippen molar-refractivity contribution in [3.05, 3.63) is 57.5 Å².